The lowest BCUT2D eigenvalue weighted by Gasteiger charge is -2.21. The van der Waals surface area contributed by atoms with Crippen LogP contribution in [0.15, 0.2) is 58.4 Å². The molecule has 7 nitrogen and oxygen atoms in total. The summed E-state index contributed by atoms with van der Waals surface area (Å²) in [5, 5.41) is 4.01. The molecular formula is C22H25N5O2S. The number of H-pyrrole nitrogens is 1. The van der Waals surface area contributed by atoms with Crippen LogP contribution in [0.25, 0.3) is 11.0 Å². The molecule has 1 amide bonds. The van der Waals surface area contributed by atoms with Crippen molar-refractivity contribution in [1.82, 2.24) is 24.8 Å². The van der Waals surface area contributed by atoms with E-state index in [0.29, 0.717) is 11.5 Å². The van der Waals surface area contributed by atoms with Crippen molar-refractivity contribution >= 4 is 28.7 Å². The summed E-state index contributed by atoms with van der Waals surface area (Å²) >= 11 is 1.56. The minimum atomic E-state index is -0.242. The van der Waals surface area contributed by atoms with Crippen molar-refractivity contribution in [2.75, 3.05) is 0 Å². The largest absolute Gasteiger partial charge is 0.455 e. The second-order valence-corrected chi connectivity index (χ2v) is 8.29. The highest BCUT2D eigenvalue weighted by atomic mass is 32.2. The van der Waals surface area contributed by atoms with Crippen LogP contribution in [-0.2, 0) is 12.8 Å². The normalized spacial score (nSPS) is 13.4. The van der Waals surface area contributed by atoms with Crippen LogP contribution < -0.4 is 5.32 Å². The maximum atomic E-state index is 12.9. The molecule has 2 atom stereocenters. The van der Waals surface area contributed by atoms with Crippen LogP contribution in [0.5, 0.6) is 0 Å². The van der Waals surface area contributed by atoms with Crippen molar-refractivity contribution in [3.63, 3.8) is 0 Å². The van der Waals surface area contributed by atoms with E-state index >= 15 is 0 Å². The number of furan rings is 1. The molecule has 8 heteroatoms. The minimum absolute atomic E-state index is 0.211. The van der Waals surface area contributed by atoms with Crippen molar-refractivity contribution in [3.8, 4) is 0 Å². The van der Waals surface area contributed by atoms with Gasteiger partial charge in [-0.25, -0.2) is 9.97 Å². The molecule has 0 spiro atoms. The van der Waals surface area contributed by atoms with Gasteiger partial charge in [0.15, 0.2) is 10.9 Å². The molecule has 0 saturated heterocycles. The van der Waals surface area contributed by atoms with Gasteiger partial charge in [-0.2, -0.15) is 0 Å². The summed E-state index contributed by atoms with van der Waals surface area (Å²) in [4.78, 5) is 25.2. The van der Waals surface area contributed by atoms with E-state index < -0.39 is 0 Å². The van der Waals surface area contributed by atoms with E-state index in [-0.39, 0.29) is 17.9 Å². The average molecular weight is 424 g/mol. The summed E-state index contributed by atoms with van der Waals surface area (Å²) in [5.74, 6) is 2.37. The third-order valence-corrected chi connectivity index (χ3v) is 6.29. The Balaban J connectivity index is 1.47. The molecule has 0 aliphatic carbocycles. The number of carbonyl (C=O) groups is 1. The van der Waals surface area contributed by atoms with E-state index in [4.69, 9.17) is 4.42 Å². The summed E-state index contributed by atoms with van der Waals surface area (Å²) in [7, 11) is 1.95. The summed E-state index contributed by atoms with van der Waals surface area (Å²) in [6, 6.07) is 11.2. The average Bonchev–Trinajstić information content (AvgIpc) is 3.49. The molecule has 0 fully saturated rings. The van der Waals surface area contributed by atoms with Gasteiger partial charge < -0.3 is 19.3 Å². The van der Waals surface area contributed by atoms with Gasteiger partial charge in [0.25, 0.3) is 5.91 Å². The predicted octanol–water partition coefficient (Wildman–Crippen LogP) is 4.70. The Hall–Kier alpha value is -3.00. The van der Waals surface area contributed by atoms with Crippen LogP contribution >= 0.6 is 11.8 Å². The molecule has 2 N–H and O–H groups in total. The summed E-state index contributed by atoms with van der Waals surface area (Å²) < 4.78 is 7.74. The van der Waals surface area contributed by atoms with Crippen LogP contribution in [0.3, 0.4) is 0 Å². The number of aryl methyl sites for hydroxylation is 1. The molecule has 4 rings (SSSR count). The number of thioether (sulfide) groups is 1. The third kappa shape index (κ3) is 4.28. The Morgan fingerprint density at radius 3 is 2.87 bits per heavy atom. The summed E-state index contributed by atoms with van der Waals surface area (Å²) in [6.45, 7) is 4.21. The quantitative estimate of drug-likeness (QED) is 0.401. The van der Waals surface area contributed by atoms with Gasteiger partial charge in [0.05, 0.1) is 22.8 Å². The minimum Gasteiger partial charge on any atom is -0.455 e. The summed E-state index contributed by atoms with van der Waals surface area (Å²) in [6.07, 6.45) is 4.57. The standard InChI is InChI=1S/C22H25N5O2S/c1-4-14(2)19(20-24-16-7-5-6-8-17(16)25-20)26-21(28)18-10-9-15(29-18)13-30-22-23-11-12-27(22)3/h5-12,14,19H,4,13H2,1-3H3,(H,24,25)(H,26,28). The fraction of sp³-hybridized carbons (Fsp3) is 0.318. The monoisotopic (exact) mass is 423 g/mol. The molecule has 4 aromatic rings. The van der Waals surface area contributed by atoms with Crippen LogP contribution in [0.2, 0.25) is 0 Å². The first-order valence-electron chi connectivity index (χ1n) is 9.99. The predicted molar refractivity (Wildman–Crippen MR) is 117 cm³/mol. The number of fused-ring (bicyclic) bond motifs is 1. The number of para-hydroxylation sites is 2. The van der Waals surface area contributed by atoms with Gasteiger partial charge in [-0.1, -0.05) is 44.2 Å². The fourth-order valence-electron chi connectivity index (χ4n) is 3.25. The number of aromatic nitrogens is 4. The number of rotatable bonds is 8. The number of nitrogens with one attached hydrogen (secondary N) is 2. The zero-order valence-electron chi connectivity index (χ0n) is 17.3. The van der Waals surface area contributed by atoms with E-state index in [0.717, 1.165) is 34.2 Å². The van der Waals surface area contributed by atoms with Gasteiger partial charge in [0.2, 0.25) is 0 Å². The molecule has 0 radical (unpaired) electrons. The van der Waals surface area contributed by atoms with Crippen LogP contribution in [0.1, 0.15) is 48.4 Å². The van der Waals surface area contributed by atoms with E-state index in [1.165, 1.54) is 0 Å². The van der Waals surface area contributed by atoms with E-state index in [1.807, 2.05) is 48.1 Å². The third-order valence-electron chi connectivity index (χ3n) is 5.21. The second kappa shape index (κ2) is 8.79. The molecular weight excluding hydrogens is 398 g/mol. The Morgan fingerprint density at radius 2 is 2.13 bits per heavy atom. The van der Waals surface area contributed by atoms with Gasteiger partial charge in [-0.15, -0.1) is 0 Å². The van der Waals surface area contributed by atoms with Crippen molar-refractivity contribution in [2.45, 2.75) is 37.2 Å². The van der Waals surface area contributed by atoms with Crippen molar-refractivity contribution in [3.05, 3.63) is 66.1 Å². The lowest BCUT2D eigenvalue weighted by molar-refractivity contribution is 0.0890. The first-order valence-corrected chi connectivity index (χ1v) is 11.0. The van der Waals surface area contributed by atoms with Crippen molar-refractivity contribution < 1.29 is 9.21 Å². The van der Waals surface area contributed by atoms with Gasteiger partial charge in [-0.05, 0) is 30.2 Å². The Labute approximate surface area is 179 Å². The van der Waals surface area contributed by atoms with Gasteiger partial charge in [-0.3, -0.25) is 4.79 Å². The Morgan fingerprint density at radius 1 is 1.30 bits per heavy atom. The lowest BCUT2D eigenvalue weighted by atomic mass is 9.98. The first-order chi connectivity index (χ1) is 14.5. The number of aromatic amines is 1. The van der Waals surface area contributed by atoms with E-state index in [2.05, 4.69) is 34.1 Å². The topological polar surface area (TPSA) is 88.7 Å². The van der Waals surface area contributed by atoms with Gasteiger partial charge >= 0.3 is 0 Å². The Kier molecular flexibility index (Phi) is 5.94. The first kappa shape index (κ1) is 20.3. The fourth-order valence-corrected chi connectivity index (χ4v) is 4.08. The highest BCUT2D eigenvalue weighted by Crippen LogP contribution is 2.26. The number of hydrogen-bond donors (Lipinski definition) is 2. The second-order valence-electron chi connectivity index (χ2n) is 7.35. The molecule has 2 unspecified atom stereocenters. The van der Waals surface area contributed by atoms with Crippen molar-refractivity contribution in [1.29, 1.82) is 0 Å². The zero-order chi connectivity index (χ0) is 21.1. The highest BCUT2D eigenvalue weighted by Gasteiger charge is 2.25. The molecule has 0 aliphatic heterocycles. The molecule has 0 saturated carbocycles. The molecule has 3 heterocycles. The number of hydrogen-bond acceptors (Lipinski definition) is 5. The molecule has 0 bridgehead atoms. The van der Waals surface area contributed by atoms with Crippen molar-refractivity contribution in [2.24, 2.45) is 13.0 Å². The maximum absolute atomic E-state index is 12.9. The van der Waals surface area contributed by atoms with Crippen LogP contribution in [0.4, 0.5) is 0 Å². The molecule has 3 aromatic heterocycles. The molecule has 0 aliphatic rings. The van der Waals surface area contributed by atoms with Crippen LogP contribution in [0, 0.1) is 5.92 Å². The number of imidazole rings is 2. The highest BCUT2D eigenvalue weighted by molar-refractivity contribution is 7.98. The molecule has 156 valence electrons. The maximum Gasteiger partial charge on any atom is 0.287 e. The van der Waals surface area contributed by atoms with Crippen LogP contribution in [-0.4, -0.2) is 25.4 Å². The van der Waals surface area contributed by atoms with E-state index in [1.54, 1.807) is 24.0 Å². The smallest absolute Gasteiger partial charge is 0.287 e. The molecule has 1 aromatic carbocycles. The summed E-state index contributed by atoms with van der Waals surface area (Å²) in [5.41, 5.74) is 1.85. The van der Waals surface area contributed by atoms with Gasteiger partial charge in [0, 0.05) is 19.4 Å². The number of carbonyl (C=O) groups excluding carboxylic acids is 1. The molecule has 30 heavy (non-hydrogen) atoms. The zero-order valence-corrected chi connectivity index (χ0v) is 18.1. The number of nitrogens with zero attached hydrogens (tertiary/aromatic N) is 3. The number of amides is 1. The lowest BCUT2D eigenvalue weighted by Crippen LogP contribution is -2.33. The number of benzene rings is 1. The van der Waals surface area contributed by atoms with E-state index in [9.17, 15) is 4.79 Å². The SMILES string of the molecule is CCC(C)C(NC(=O)c1ccc(CSc2nccn2C)o1)c1nc2ccccc2[nH]1. The van der Waals surface area contributed by atoms with Gasteiger partial charge in [0.1, 0.15) is 11.6 Å². The Bertz CT molecular complexity index is 1110.